The Kier molecular flexibility index (Phi) is 13.5. The molecular formula is C27H43N13O3S3. The van der Waals surface area contributed by atoms with Gasteiger partial charge in [-0.15, -0.1) is 34.0 Å². The van der Waals surface area contributed by atoms with Gasteiger partial charge in [0, 0.05) is 19.0 Å². The maximum atomic E-state index is 13.6. The summed E-state index contributed by atoms with van der Waals surface area (Å²) in [7, 11) is 0. The number of primary amides is 1. The van der Waals surface area contributed by atoms with Crippen LogP contribution in [0.5, 0.6) is 0 Å². The fourth-order valence-corrected chi connectivity index (χ4v) is 7.43. The standard InChI is InChI=1S/C27H43N13O3S3/c1-11(17-20(23(29)41)44-13(3)38-17)36-24(42)21-18(40-16(46-21)8-6-10-35-27(32)33)12(2)37-25(43)22-19(39-14(4)45-22)15(28)7-5-9-34-26(30)31/h11-12,15,26,34H,5-10,28,30-31H2,1-4H3,(H2,29,41)(H,36,42)(H,37,43)(H4,32,33,35)/t11-,12-,15-/m0/s1. The first kappa shape index (κ1) is 36.9. The van der Waals surface area contributed by atoms with Crippen molar-refractivity contribution in [2.45, 2.75) is 77.8 Å². The molecule has 252 valence electrons. The quantitative estimate of drug-likeness (QED) is 0.0405. The third kappa shape index (κ3) is 10.2. The Morgan fingerprint density at radius 3 is 1.89 bits per heavy atom. The lowest BCUT2D eigenvalue weighted by atomic mass is 10.1. The summed E-state index contributed by atoms with van der Waals surface area (Å²) in [5.74, 6) is -1.56. The Hall–Kier alpha value is -3.59. The highest BCUT2D eigenvalue weighted by Gasteiger charge is 2.29. The second kappa shape index (κ2) is 16.8. The van der Waals surface area contributed by atoms with Gasteiger partial charge in [-0.25, -0.2) is 15.0 Å². The van der Waals surface area contributed by atoms with E-state index in [2.05, 4.69) is 31.2 Å². The van der Waals surface area contributed by atoms with Crippen molar-refractivity contribution in [2.75, 3.05) is 13.1 Å². The lowest BCUT2D eigenvalue weighted by Gasteiger charge is -2.17. The second-order valence-corrected chi connectivity index (χ2v) is 14.1. The van der Waals surface area contributed by atoms with Gasteiger partial charge in [-0.2, -0.15) is 0 Å². The number of nitrogens with zero attached hydrogens (tertiary/aromatic N) is 3. The predicted octanol–water partition coefficient (Wildman–Crippen LogP) is 0.740. The number of thiazole rings is 3. The minimum absolute atomic E-state index is 0.133. The first-order valence-corrected chi connectivity index (χ1v) is 17.1. The summed E-state index contributed by atoms with van der Waals surface area (Å²) in [6, 6.07) is -1.76. The summed E-state index contributed by atoms with van der Waals surface area (Å²) in [6.45, 7) is 8.05. The molecule has 0 aliphatic rings. The molecule has 0 spiro atoms. The second-order valence-electron chi connectivity index (χ2n) is 10.6. The Labute approximate surface area is 279 Å². The monoisotopic (exact) mass is 693 g/mol. The molecule has 0 unspecified atom stereocenters. The van der Waals surface area contributed by atoms with Gasteiger partial charge >= 0.3 is 0 Å². The first-order chi connectivity index (χ1) is 21.7. The molecular weight excluding hydrogens is 651 g/mol. The van der Waals surface area contributed by atoms with Crippen molar-refractivity contribution in [2.24, 2.45) is 28.7 Å². The van der Waals surface area contributed by atoms with E-state index in [-0.39, 0.29) is 16.7 Å². The van der Waals surface area contributed by atoms with Crippen molar-refractivity contribution in [1.82, 2.24) is 36.2 Å². The number of nitrogens with one attached hydrogen (secondary N) is 5. The highest BCUT2D eigenvalue weighted by atomic mass is 32.1. The average Bonchev–Trinajstić information content (AvgIpc) is 3.69. The fraction of sp³-hybridized carbons (Fsp3) is 0.519. The SMILES string of the molecule is Cc1nc([C@H](C)NC(=O)c2sc(CCCNC(=N)N)nc2[C@H](C)NC(=O)c2sc(C)nc2[C@@H](N)CCCNC(N)N)c(C(N)=O)s1. The molecule has 0 aromatic carbocycles. The van der Waals surface area contributed by atoms with Crippen molar-refractivity contribution in [3.63, 3.8) is 0 Å². The molecule has 46 heavy (non-hydrogen) atoms. The molecule has 16 nitrogen and oxygen atoms in total. The van der Waals surface area contributed by atoms with Crippen molar-refractivity contribution in [3.8, 4) is 0 Å². The van der Waals surface area contributed by atoms with E-state index in [1.807, 2.05) is 0 Å². The van der Waals surface area contributed by atoms with Gasteiger partial charge in [0.15, 0.2) is 5.96 Å². The summed E-state index contributed by atoms with van der Waals surface area (Å²) in [5, 5.41) is 20.9. The van der Waals surface area contributed by atoms with Gasteiger partial charge < -0.3 is 44.6 Å². The summed E-state index contributed by atoms with van der Waals surface area (Å²) >= 11 is 3.61. The van der Waals surface area contributed by atoms with E-state index in [0.717, 1.165) is 11.3 Å². The largest absolute Gasteiger partial charge is 0.370 e. The molecule has 0 saturated heterocycles. The Bertz CT molecular complexity index is 1530. The van der Waals surface area contributed by atoms with Crippen molar-refractivity contribution in [3.05, 3.63) is 46.7 Å². The first-order valence-electron chi connectivity index (χ1n) is 14.6. The van der Waals surface area contributed by atoms with Crippen LogP contribution in [0.1, 0.15) is 112 Å². The number of nitrogens with two attached hydrogens (primary N) is 5. The van der Waals surface area contributed by atoms with E-state index in [9.17, 15) is 14.4 Å². The molecule has 15 N–H and O–H groups in total. The van der Waals surface area contributed by atoms with Crippen LogP contribution in [-0.2, 0) is 6.42 Å². The topological polar surface area (TPSA) is 292 Å². The van der Waals surface area contributed by atoms with E-state index in [4.69, 9.17) is 39.1 Å². The molecule has 3 rings (SSSR count). The van der Waals surface area contributed by atoms with Crippen LogP contribution in [0, 0.1) is 19.3 Å². The molecule has 19 heteroatoms. The third-order valence-corrected chi connectivity index (χ3v) is 9.79. The van der Waals surface area contributed by atoms with Crippen LogP contribution in [0.3, 0.4) is 0 Å². The third-order valence-electron chi connectivity index (χ3n) is 6.68. The molecule has 0 aliphatic carbocycles. The minimum Gasteiger partial charge on any atom is -0.370 e. The zero-order valence-corrected chi connectivity index (χ0v) is 28.7. The molecule has 3 atom stereocenters. The van der Waals surface area contributed by atoms with Gasteiger partial charge in [-0.05, 0) is 53.5 Å². The van der Waals surface area contributed by atoms with Crippen LogP contribution in [-0.4, -0.2) is 58.0 Å². The lowest BCUT2D eigenvalue weighted by molar-refractivity contribution is 0.0922. The summed E-state index contributed by atoms with van der Waals surface area (Å²) < 4.78 is 0. The Morgan fingerprint density at radius 1 is 0.783 bits per heavy atom. The normalized spacial score (nSPS) is 13.3. The van der Waals surface area contributed by atoms with Crippen LogP contribution in [0.4, 0.5) is 0 Å². The van der Waals surface area contributed by atoms with E-state index in [1.165, 1.54) is 22.7 Å². The van der Waals surface area contributed by atoms with Gasteiger partial charge in [0.25, 0.3) is 17.7 Å². The summed E-state index contributed by atoms with van der Waals surface area (Å²) in [5.41, 5.74) is 29.7. The zero-order chi connectivity index (χ0) is 34.1. The number of amides is 3. The van der Waals surface area contributed by atoms with Crippen molar-refractivity contribution >= 4 is 57.7 Å². The maximum Gasteiger partial charge on any atom is 0.263 e. The number of hydrogen-bond donors (Lipinski definition) is 10. The van der Waals surface area contributed by atoms with E-state index in [1.54, 1.807) is 27.7 Å². The number of carbonyl (C=O) groups excluding carboxylic acids is 3. The molecule has 3 aromatic rings. The van der Waals surface area contributed by atoms with Gasteiger partial charge in [-0.3, -0.25) is 25.1 Å². The van der Waals surface area contributed by atoms with Crippen LogP contribution in [0.25, 0.3) is 0 Å². The zero-order valence-electron chi connectivity index (χ0n) is 26.2. The predicted molar refractivity (Wildman–Crippen MR) is 181 cm³/mol. The summed E-state index contributed by atoms with van der Waals surface area (Å²) in [6.07, 6.45) is 1.74. The molecule has 3 heterocycles. The molecule has 3 amide bonds. The van der Waals surface area contributed by atoms with Crippen LogP contribution in [0.15, 0.2) is 0 Å². The van der Waals surface area contributed by atoms with Crippen LogP contribution >= 0.6 is 34.0 Å². The summed E-state index contributed by atoms with van der Waals surface area (Å²) in [4.78, 5) is 53.8. The van der Waals surface area contributed by atoms with E-state index >= 15 is 0 Å². The van der Waals surface area contributed by atoms with Gasteiger partial charge in [-0.1, -0.05) is 0 Å². The maximum absolute atomic E-state index is 13.6. The van der Waals surface area contributed by atoms with Crippen molar-refractivity contribution in [1.29, 1.82) is 5.41 Å². The average molecular weight is 694 g/mol. The lowest BCUT2D eigenvalue weighted by Crippen LogP contribution is -2.45. The highest BCUT2D eigenvalue weighted by Crippen LogP contribution is 2.30. The molecule has 3 aromatic heterocycles. The number of carbonyl (C=O) groups is 3. The number of hydrogen-bond acceptors (Lipinski definition) is 14. The van der Waals surface area contributed by atoms with Gasteiger partial charge in [0.1, 0.15) is 20.9 Å². The van der Waals surface area contributed by atoms with Crippen LogP contribution < -0.4 is 49.9 Å². The van der Waals surface area contributed by atoms with Gasteiger partial charge in [0.2, 0.25) is 0 Å². The molecule has 0 aliphatic heterocycles. The molecule has 0 saturated carbocycles. The molecule has 0 fully saturated rings. The number of aryl methyl sites for hydroxylation is 3. The fourth-order valence-electron chi connectivity index (χ4n) is 4.56. The number of guanidine groups is 1. The Balaban J connectivity index is 1.82. The van der Waals surface area contributed by atoms with E-state index in [0.29, 0.717) is 80.6 Å². The Morgan fingerprint density at radius 2 is 1.33 bits per heavy atom. The molecule has 0 bridgehead atoms. The van der Waals surface area contributed by atoms with Crippen molar-refractivity contribution < 1.29 is 14.4 Å². The highest BCUT2D eigenvalue weighted by molar-refractivity contribution is 7.14. The smallest absolute Gasteiger partial charge is 0.263 e. The number of rotatable bonds is 17. The van der Waals surface area contributed by atoms with Crippen LogP contribution in [0.2, 0.25) is 0 Å². The number of aromatic nitrogens is 3. The van der Waals surface area contributed by atoms with E-state index < -0.39 is 36.2 Å². The molecule has 0 radical (unpaired) electrons. The van der Waals surface area contributed by atoms with Gasteiger partial charge in [0.05, 0.1) is 44.2 Å². The minimum atomic E-state index is -0.659.